The number of morpholine rings is 1. The van der Waals surface area contributed by atoms with Gasteiger partial charge in [0, 0.05) is 6.54 Å². The van der Waals surface area contributed by atoms with Gasteiger partial charge >= 0.3 is 0 Å². The number of ether oxygens (including phenoxy) is 1. The van der Waals surface area contributed by atoms with E-state index in [4.69, 9.17) is 9.16 Å². The highest BCUT2D eigenvalue weighted by Crippen LogP contribution is 2.37. The van der Waals surface area contributed by atoms with Gasteiger partial charge in [0.15, 0.2) is 0 Å². The maximum absolute atomic E-state index is 6.37. The lowest BCUT2D eigenvalue weighted by Gasteiger charge is -2.36. The zero-order chi connectivity index (χ0) is 14.8. The van der Waals surface area contributed by atoms with Crippen molar-refractivity contribution in [2.24, 2.45) is 0 Å². The molecule has 2 rings (SSSR count). The van der Waals surface area contributed by atoms with Crippen LogP contribution in [0.1, 0.15) is 32.4 Å². The molecule has 1 fully saturated rings. The van der Waals surface area contributed by atoms with Gasteiger partial charge in [-0.3, -0.25) is 0 Å². The molecule has 0 amide bonds. The minimum absolute atomic E-state index is 0.217. The van der Waals surface area contributed by atoms with Crippen LogP contribution < -0.4 is 9.74 Å². The Morgan fingerprint density at radius 2 is 2.05 bits per heavy atom. The van der Waals surface area contributed by atoms with E-state index < -0.39 is 8.32 Å². The van der Waals surface area contributed by atoms with E-state index in [2.05, 4.69) is 63.4 Å². The Kier molecular flexibility index (Phi) is 4.57. The standard InChI is InChI=1S/C16H27NO2Si/c1-16(2,3)20(4,5)19-14-8-6-7-13(11-14)15-12-18-10-9-17-15/h6-8,11,15,17H,9-10,12H2,1-5H3. The van der Waals surface area contributed by atoms with Gasteiger partial charge in [0.1, 0.15) is 5.75 Å². The van der Waals surface area contributed by atoms with Gasteiger partial charge in [0.25, 0.3) is 0 Å². The van der Waals surface area contributed by atoms with Crippen LogP contribution in [-0.2, 0) is 4.74 Å². The van der Waals surface area contributed by atoms with Crippen molar-refractivity contribution in [1.29, 1.82) is 0 Å². The molecule has 1 heterocycles. The van der Waals surface area contributed by atoms with Crippen LogP contribution in [0.2, 0.25) is 18.1 Å². The van der Waals surface area contributed by atoms with Crippen molar-refractivity contribution in [1.82, 2.24) is 5.32 Å². The van der Waals surface area contributed by atoms with Crippen LogP contribution in [0.4, 0.5) is 0 Å². The zero-order valence-corrected chi connectivity index (χ0v) is 14.3. The van der Waals surface area contributed by atoms with E-state index in [0.29, 0.717) is 0 Å². The largest absolute Gasteiger partial charge is 0.543 e. The van der Waals surface area contributed by atoms with Gasteiger partial charge in [-0.25, -0.2) is 0 Å². The van der Waals surface area contributed by atoms with E-state index in [-0.39, 0.29) is 11.1 Å². The smallest absolute Gasteiger partial charge is 0.250 e. The molecule has 1 aliphatic rings. The zero-order valence-electron chi connectivity index (χ0n) is 13.3. The van der Waals surface area contributed by atoms with E-state index in [0.717, 1.165) is 25.5 Å². The van der Waals surface area contributed by atoms with E-state index >= 15 is 0 Å². The summed E-state index contributed by atoms with van der Waals surface area (Å²) in [4.78, 5) is 0. The highest BCUT2D eigenvalue weighted by atomic mass is 28.4. The quantitative estimate of drug-likeness (QED) is 0.861. The summed E-state index contributed by atoms with van der Waals surface area (Å²) in [5.41, 5.74) is 1.25. The lowest BCUT2D eigenvalue weighted by Crippen LogP contribution is -2.43. The average molecular weight is 293 g/mol. The minimum Gasteiger partial charge on any atom is -0.543 e. The number of rotatable bonds is 3. The Labute approximate surface area is 123 Å². The Balaban J connectivity index is 2.13. The summed E-state index contributed by atoms with van der Waals surface area (Å²) in [6.45, 7) is 13.8. The van der Waals surface area contributed by atoms with Crippen LogP contribution in [0.25, 0.3) is 0 Å². The minimum atomic E-state index is -1.77. The molecule has 1 aromatic carbocycles. The molecule has 3 nitrogen and oxygen atoms in total. The lowest BCUT2D eigenvalue weighted by atomic mass is 10.1. The summed E-state index contributed by atoms with van der Waals surface area (Å²) in [6, 6.07) is 8.73. The molecule has 1 atom stereocenters. The topological polar surface area (TPSA) is 30.5 Å². The molecule has 0 spiro atoms. The number of benzene rings is 1. The second kappa shape index (κ2) is 5.88. The maximum atomic E-state index is 6.37. The van der Waals surface area contributed by atoms with Crippen molar-refractivity contribution in [3.8, 4) is 5.75 Å². The van der Waals surface area contributed by atoms with Gasteiger partial charge in [-0.2, -0.15) is 0 Å². The van der Waals surface area contributed by atoms with E-state index in [1.54, 1.807) is 0 Å². The van der Waals surface area contributed by atoms with E-state index in [1.165, 1.54) is 5.56 Å². The maximum Gasteiger partial charge on any atom is 0.250 e. The fraction of sp³-hybridized carbons (Fsp3) is 0.625. The number of hydrogen-bond donors (Lipinski definition) is 1. The van der Waals surface area contributed by atoms with Crippen molar-refractivity contribution in [2.45, 2.75) is 44.9 Å². The monoisotopic (exact) mass is 293 g/mol. The Bertz CT molecular complexity index is 448. The molecule has 1 aliphatic heterocycles. The highest BCUT2D eigenvalue weighted by Gasteiger charge is 2.39. The van der Waals surface area contributed by atoms with E-state index in [1.807, 2.05) is 0 Å². The first-order valence-corrected chi connectivity index (χ1v) is 10.3. The summed E-state index contributed by atoms with van der Waals surface area (Å²) in [5.74, 6) is 0.987. The van der Waals surface area contributed by atoms with Crippen LogP contribution in [0.3, 0.4) is 0 Å². The third-order valence-electron chi connectivity index (χ3n) is 4.36. The van der Waals surface area contributed by atoms with E-state index in [9.17, 15) is 0 Å². The summed E-state index contributed by atoms with van der Waals surface area (Å²) >= 11 is 0. The molecule has 20 heavy (non-hydrogen) atoms. The predicted molar refractivity (Wildman–Crippen MR) is 85.8 cm³/mol. The highest BCUT2D eigenvalue weighted by molar-refractivity contribution is 6.74. The van der Waals surface area contributed by atoms with Crippen molar-refractivity contribution >= 4 is 8.32 Å². The molecule has 112 valence electrons. The van der Waals surface area contributed by atoms with Crippen LogP contribution in [-0.4, -0.2) is 28.1 Å². The fourth-order valence-electron chi connectivity index (χ4n) is 2.02. The van der Waals surface area contributed by atoms with Crippen molar-refractivity contribution in [2.75, 3.05) is 19.8 Å². The fourth-order valence-corrected chi connectivity index (χ4v) is 3.04. The average Bonchev–Trinajstić information content (AvgIpc) is 2.38. The Morgan fingerprint density at radius 1 is 1.30 bits per heavy atom. The first kappa shape index (κ1) is 15.5. The van der Waals surface area contributed by atoms with Crippen LogP contribution >= 0.6 is 0 Å². The molecule has 0 aliphatic carbocycles. The van der Waals surface area contributed by atoms with Crippen molar-refractivity contribution < 1.29 is 9.16 Å². The summed E-state index contributed by atoms with van der Waals surface area (Å²) in [5, 5.41) is 3.70. The Morgan fingerprint density at radius 3 is 2.65 bits per heavy atom. The number of nitrogens with one attached hydrogen (secondary N) is 1. The molecule has 1 unspecified atom stereocenters. The normalized spacial score (nSPS) is 20.8. The molecular formula is C16H27NO2Si. The molecule has 1 aromatic rings. The molecule has 0 radical (unpaired) electrons. The van der Waals surface area contributed by atoms with Crippen LogP contribution in [0, 0.1) is 0 Å². The van der Waals surface area contributed by atoms with Gasteiger partial charge in [0.05, 0.1) is 19.3 Å². The molecule has 4 heteroatoms. The second-order valence-corrected chi connectivity index (χ2v) is 11.7. The summed E-state index contributed by atoms with van der Waals surface area (Å²) in [6.07, 6.45) is 0. The molecule has 0 bridgehead atoms. The van der Waals surface area contributed by atoms with Crippen molar-refractivity contribution in [3.05, 3.63) is 29.8 Å². The predicted octanol–water partition coefficient (Wildman–Crippen LogP) is 3.73. The first-order valence-electron chi connectivity index (χ1n) is 7.40. The number of hydrogen-bond acceptors (Lipinski definition) is 3. The SMILES string of the molecule is CC(C)(C)[Si](C)(C)Oc1cccc(C2COCCN2)c1. The van der Waals surface area contributed by atoms with Crippen LogP contribution in [0.5, 0.6) is 5.75 Å². The van der Waals surface area contributed by atoms with Gasteiger partial charge in [-0.05, 0) is 35.8 Å². The molecule has 0 saturated carbocycles. The van der Waals surface area contributed by atoms with Crippen molar-refractivity contribution in [3.63, 3.8) is 0 Å². The summed E-state index contributed by atoms with van der Waals surface area (Å²) < 4.78 is 11.9. The van der Waals surface area contributed by atoms with Crippen LogP contribution in [0.15, 0.2) is 24.3 Å². The third kappa shape index (κ3) is 3.62. The lowest BCUT2D eigenvalue weighted by molar-refractivity contribution is 0.0768. The van der Waals surface area contributed by atoms with Gasteiger partial charge in [-0.15, -0.1) is 0 Å². The van der Waals surface area contributed by atoms with Gasteiger partial charge < -0.3 is 14.5 Å². The second-order valence-electron chi connectivity index (χ2n) is 7.02. The Hall–Kier alpha value is -0.843. The summed E-state index contributed by atoms with van der Waals surface area (Å²) in [7, 11) is -1.77. The van der Waals surface area contributed by atoms with Gasteiger partial charge in [0.2, 0.25) is 8.32 Å². The first-order chi connectivity index (χ1) is 9.29. The third-order valence-corrected chi connectivity index (χ3v) is 8.72. The van der Waals surface area contributed by atoms with Gasteiger partial charge in [-0.1, -0.05) is 32.9 Å². The molecule has 0 aromatic heterocycles. The molecular weight excluding hydrogens is 266 g/mol. The molecule has 1 N–H and O–H groups in total. The molecule has 1 saturated heterocycles.